The molecule has 98 valence electrons. The van der Waals surface area contributed by atoms with Crippen LogP contribution in [-0.2, 0) is 10.3 Å². The summed E-state index contributed by atoms with van der Waals surface area (Å²) in [6.45, 7) is 4.12. The summed E-state index contributed by atoms with van der Waals surface area (Å²) < 4.78 is 5.61. The van der Waals surface area contributed by atoms with Crippen LogP contribution in [0, 0.1) is 13.8 Å². The third-order valence-corrected chi connectivity index (χ3v) is 4.03. The Morgan fingerprint density at radius 2 is 2.22 bits per heavy atom. The van der Waals surface area contributed by atoms with Gasteiger partial charge in [0.25, 0.3) is 0 Å². The molecule has 3 N–H and O–H groups in total. The third kappa shape index (κ3) is 1.85. The van der Waals surface area contributed by atoms with Crippen molar-refractivity contribution in [2.45, 2.75) is 32.2 Å². The maximum atomic E-state index is 11.5. The molecule has 1 aliphatic rings. The number of carboxylic acids is 1. The van der Waals surface area contributed by atoms with E-state index < -0.39 is 11.5 Å². The van der Waals surface area contributed by atoms with E-state index >= 15 is 0 Å². The third-order valence-electron chi connectivity index (χ3n) is 3.45. The zero-order chi connectivity index (χ0) is 13.5. The lowest BCUT2D eigenvalue weighted by Crippen LogP contribution is -2.45. The predicted molar refractivity (Wildman–Crippen MR) is 69.2 cm³/mol. The Kier molecular flexibility index (Phi) is 3.25. The van der Waals surface area contributed by atoms with Crippen LogP contribution in [0.5, 0.6) is 5.75 Å². The maximum absolute atomic E-state index is 11.5. The second-order valence-electron chi connectivity index (χ2n) is 4.73. The zero-order valence-corrected chi connectivity index (χ0v) is 11.2. The van der Waals surface area contributed by atoms with E-state index in [1.165, 1.54) is 0 Å². The number of halogens is 1. The molecular formula is C13H16ClNO3. The molecule has 0 aliphatic carbocycles. The summed E-state index contributed by atoms with van der Waals surface area (Å²) >= 11 is 6.20. The minimum Gasteiger partial charge on any atom is -0.493 e. The van der Waals surface area contributed by atoms with Crippen LogP contribution in [-0.4, -0.2) is 17.7 Å². The number of benzene rings is 1. The molecule has 0 spiro atoms. The molecule has 0 aromatic heterocycles. The lowest BCUT2D eigenvalue weighted by Gasteiger charge is -2.27. The molecule has 0 radical (unpaired) electrons. The molecule has 0 amide bonds. The van der Waals surface area contributed by atoms with Crippen molar-refractivity contribution in [2.75, 3.05) is 6.61 Å². The number of aryl methyl sites for hydroxylation is 1. The van der Waals surface area contributed by atoms with Crippen LogP contribution in [0.1, 0.15) is 29.5 Å². The molecule has 1 atom stereocenters. The first-order valence-electron chi connectivity index (χ1n) is 5.83. The molecule has 5 heteroatoms. The predicted octanol–water partition coefficient (Wildman–Crippen LogP) is 2.37. The highest BCUT2D eigenvalue weighted by molar-refractivity contribution is 6.32. The largest absolute Gasteiger partial charge is 0.493 e. The lowest BCUT2D eigenvalue weighted by molar-refractivity contribution is -0.144. The van der Waals surface area contributed by atoms with Crippen LogP contribution in [0.3, 0.4) is 0 Å². The van der Waals surface area contributed by atoms with Gasteiger partial charge in [-0.15, -0.1) is 0 Å². The van der Waals surface area contributed by atoms with E-state index in [0.717, 1.165) is 5.56 Å². The fraction of sp³-hybridized carbons (Fsp3) is 0.462. The summed E-state index contributed by atoms with van der Waals surface area (Å²) in [5, 5.41) is 9.98. The molecule has 1 aromatic carbocycles. The number of nitrogens with two attached hydrogens (primary N) is 1. The molecule has 2 rings (SSSR count). The quantitative estimate of drug-likeness (QED) is 0.821. The number of ether oxygens (including phenoxy) is 1. The van der Waals surface area contributed by atoms with Gasteiger partial charge in [0, 0.05) is 10.6 Å². The molecule has 18 heavy (non-hydrogen) atoms. The van der Waals surface area contributed by atoms with Gasteiger partial charge >= 0.3 is 5.97 Å². The first-order chi connectivity index (χ1) is 8.38. The first kappa shape index (κ1) is 13.2. The number of hydrogen-bond donors (Lipinski definition) is 2. The minimum atomic E-state index is -1.42. The fourth-order valence-electron chi connectivity index (χ4n) is 2.46. The van der Waals surface area contributed by atoms with Gasteiger partial charge < -0.3 is 15.6 Å². The van der Waals surface area contributed by atoms with E-state index in [4.69, 9.17) is 22.1 Å². The van der Waals surface area contributed by atoms with Gasteiger partial charge in [-0.05, 0) is 43.9 Å². The van der Waals surface area contributed by atoms with Gasteiger partial charge in [-0.25, -0.2) is 4.79 Å². The van der Waals surface area contributed by atoms with Crippen LogP contribution >= 0.6 is 11.6 Å². The monoisotopic (exact) mass is 269 g/mol. The average molecular weight is 270 g/mol. The summed E-state index contributed by atoms with van der Waals surface area (Å²) in [6.07, 6.45) is 0.948. The van der Waals surface area contributed by atoms with Gasteiger partial charge in [-0.3, -0.25) is 0 Å². The summed E-state index contributed by atoms with van der Waals surface area (Å²) in [6, 6.07) is 1.76. The van der Waals surface area contributed by atoms with Gasteiger partial charge in [0.05, 0.1) is 6.61 Å². The lowest BCUT2D eigenvalue weighted by atomic mass is 9.83. The molecular weight excluding hydrogens is 254 g/mol. The minimum absolute atomic E-state index is 0.343. The van der Waals surface area contributed by atoms with Gasteiger partial charge in [0.1, 0.15) is 11.3 Å². The van der Waals surface area contributed by atoms with Crippen molar-refractivity contribution < 1.29 is 14.6 Å². The van der Waals surface area contributed by atoms with Crippen LogP contribution < -0.4 is 10.5 Å². The summed E-state index contributed by atoms with van der Waals surface area (Å²) in [7, 11) is 0. The molecule has 0 fully saturated rings. The standard InChI is InChI=1S/C13H16ClNO3/c1-7-6-9-10(8(2)11(7)14)13(15,12(16)17)4-3-5-18-9/h6H,3-5,15H2,1-2H3,(H,16,17). The second-order valence-corrected chi connectivity index (χ2v) is 5.11. The van der Waals surface area contributed by atoms with Gasteiger partial charge in [-0.1, -0.05) is 11.6 Å². The van der Waals surface area contributed by atoms with Crippen molar-refractivity contribution in [2.24, 2.45) is 5.73 Å². The summed E-state index contributed by atoms with van der Waals surface area (Å²) in [5.41, 5.74) is 6.73. The SMILES string of the molecule is Cc1cc2c(c(C)c1Cl)C(N)(C(=O)O)CCCO2. The number of carbonyl (C=O) groups is 1. The van der Waals surface area contributed by atoms with E-state index in [9.17, 15) is 9.90 Å². The van der Waals surface area contributed by atoms with E-state index in [2.05, 4.69) is 0 Å². The van der Waals surface area contributed by atoms with Crippen LogP contribution in [0.25, 0.3) is 0 Å². The highest BCUT2D eigenvalue weighted by atomic mass is 35.5. The molecule has 1 heterocycles. The summed E-state index contributed by atoms with van der Waals surface area (Å²) in [5.74, 6) is -0.505. The molecule has 0 saturated carbocycles. The topological polar surface area (TPSA) is 72.6 Å². The van der Waals surface area contributed by atoms with Crippen molar-refractivity contribution in [1.29, 1.82) is 0 Å². The number of rotatable bonds is 1. The number of fused-ring (bicyclic) bond motifs is 1. The Balaban J connectivity index is 2.75. The van der Waals surface area contributed by atoms with Crippen molar-refractivity contribution in [3.05, 3.63) is 27.8 Å². The fourth-order valence-corrected chi connectivity index (χ4v) is 2.61. The van der Waals surface area contributed by atoms with Crippen molar-refractivity contribution in [1.82, 2.24) is 0 Å². The smallest absolute Gasteiger partial charge is 0.328 e. The number of carboxylic acid groups (broad SMARTS) is 1. The maximum Gasteiger partial charge on any atom is 0.328 e. The van der Waals surface area contributed by atoms with E-state index in [-0.39, 0.29) is 0 Å². The van der Waals surface area contributed by atoms with Crippen molar-refractivity contribution in [3.8, 4) is 5.75 Å². The highest BCUT2D eigenvalue weighted by Crippen LogP contribution is 2.41. The summed E-state index contributed by atoms with van der Waals surface area (Å²) in [4.78, 5) is 11.5. The van der Waals surface area contributed by atoms with Gasteiger partial charge in [0.2, 0.25) is 0 Å². The molecule has 4 nitrogen and oxygen atoms in total. The average Bonchev–Trinajstić information content (AvgIpc) is 2.47. The number of aliphatic carboxylic acids is 1. The van der Waals surface area contributed by atoms with E-state index in [1.54, 1.807) is 13.0 Å². The molecule has 1 aliphatic heterocycles. The Morgan fingerprint density at radius 3 is 2.83 bits per heavy atom. The highest BCUT2D eigenvalue weighted by Gasteiger charge is 2.41. The normalized spacial score (nSPS) is 22.9. The van der Waals surface area contributed by atoms with Crippen LogP contribution in [0.2, 0.25) is 5.02 Å². The Hall–Kier alpha value is -1.26. The Morgan fingerprint density at radius 1 is 1.56 bits per heavy atom. The van der Waals surface area contributed by atoms with E-state index in [1.807, 2.05) is 6.92 Å². The van der Waals surface area contributed by atoms with Crippen LogP contribution in [0.15, 0.2) is 6.07 Å². The van der Waals surface area contributed by atoms with Gasteiger partial charge in [0.15, 0.2) is 0 Å². The zero-order valence-electron chi connectivity index (χ0n) is 10.4. The van der Waals surface area contributed by atoms with Gasteiger partial charge in [-0.2, -0.15) is 0 Å². The van der Waals surface area contributed by atoms with Crippen molar-refractivity contribution >= 4 is 17.6 Å². The molecule has 1 aromatic rings. The second kappa shape index (κ2) is 4.44. The molecule has 1 unspecified atom stereocenters. The first-order valence-corrected chi connectivity index (χ1v) is 6.21. The van der Waals surface area contributed by atoms with E-state index in [0.29, 0.717) is 41.3 Å². The van der Waals surface area contributed by atoms with Crippen LogP contribution in [0.4, 0.5) is 0 Å². The van der Waals surface area contributed by atoms with Crippen molar-refractivity contribution in [3.63, 3.8) is 0 Å². The Labute approximate surface area is 111 Å². The number of hydrogen-bond acceptors (Lipinski definition) is 3. The molecule has 0 bridgehead atoms. The molecule has 0 saturated heterocycles. The Bertz CT molecular complexity index is 515.